The molecule has 0 aromatic carbocycles. The molecule has 0 aliphatic heterocycles. The lowest BCUT2D eigenvalue weighted by Crippen LogP contribution is -2.46. The number of nitrogens with zero attached hydrogens (tertiary/aromatic N) is 3. The molecule has 1 fully saturated rings. The van der Waals surface area contributed by atoms with Gasteiger partial charge in [-0.2, -0.15) is 0 Å². The Kier molecular flexibility index (Phi) is 8.74. The van der Waals surface area contributed by atoms with Crippen molar-refractivity contribution in [3.63, 3.8) is 0 Å². The lowest BCUT2D eigenvalue weighted by Gasteiger charge is -2.30. The summed E-state index contributed by atoms with van der Waals surface area (Å²) in [6.07, 6.45) is 5.74. The van der Waals surface area contributed by atoms with E-state index in [1.54, 1.807) is 19.4 Å². The first-order chi connectivity index (χ1) is 12.7. The van der Waals surface area contributed by atoms with Crippen molar-refractivity contribution in [1.29, 1.82) is 0 Å². The van der Waals surface area contributed by atoms with Crippen LogP contribution in [0.25, 0.3) is 11.6 Å². The molecule has 27 heavy (non-hydrogen) atoms. The Morgan fingerprint density at radius 3 is 3.04 bits per heavy atom. The number of H-pyrrole nitrogens is 1. The summed E-state index contributed by atoms with van der Waals surface area (Å²) in [5.41, 5.74) is 0. The molecule has 10 heteroatoms. The standard InChI is InChI=1S/C17H26N6O2S.HI/c1-3-26(24)13-7-4-6-12(10-13)20-17(18-2)19-11-15-21-16(23-22-15)14-8-5-9-25-14;/h5,8-9,12-13H,3-4,6-7,10-11H2,1-2H3,(H2,18,19,20)(H,21,22,23);1H. The molecular weight excluding hydrogens is 479 g/mol. The highest BCUT2D eigenvalue weighted by molar-refractivity contribution is 14.0. The molecular formula is C17H27IN6O2S. The minimum atomic E-state index is -0.729. The molecule has 3 rings (SSSR count). The van der Waals surface area contributed by atoms with E-state index in [1.165, 1.54) is 0 Å². The van der Waals surface area contributed by atoms with Gasteiger partial charge in [0.2, 0.25) is 5.82 Å². The molecule has 1 aliphatic rings. The largest absolute Gasteiger partial charge is 0.461 e. The van der Waals surface area contributed by atoms with Crippen LogP contribution in [-0.4, -0.2) is 49.4 Å². The van der Waals surface area contributed by atoms with Crippen molar-refractivity contribution in [2.75, 3.05) is 12.8 Å². The normalized spacial score (nSPS) is 21.3. The summed E-state index contributed by atoms with van der Waals surface area (Å²) in [4.78, 5) is 8.69. The van der Waals surface area contributed by atoms with Crippen LogP contribution in [-0.2, 0) is 17.3 Å². The van der Waals surface area contributed by atoms with E-state index in [1.807, 2.05) is 13.0 Å². The summed E-state index contributed by atoms with van der Waals surface area (Å²) >= 11 is 0. The maximum Gasteiger partial charge on any atom is 0.216 e. The summed E-state index contributed by atoms with van der Waals surface area (Å²) in [5.74, 6) is 3.31. The Labute approximate surface area is 178 Å². The molecule has 2 aromatic rings. The zero-order valence-corrected chi connectivity index (χ0v) is 18.8. The van der Waals surface area contributed by atoms with Gasteiger partial charge in [-0.25, -0.2) is 4.98 Å². The van der Waals surface area contributed by atoms with Gasteiger partial charge in [0, 0.05) is 34.9 Å². The van der Waals surface area contributed by atoms with Crippen LogP contribution >= 0.6 is 24.0 Å². The second-order valence-corrected chi connectivity index (χ2v) is 8.31. The number of hydrogen-bond acceptors (Lipinski definition) is 5. The minimum absolute atomic E-state index is 0. The molecule has 8 nitrogen and oxygen atoms in total. The van der Waals surface area contributed by atoms with Gasteiger partial charge in [0.05, 0.1) is 12.8 Å². The molecule has 0 saturated heterocycles. The van der Waals surface area contributed by atoms with Gasteiger partial charge in [-0.05, 0) is 31.4 Å². The fourth-order valence-electron chi connectivity index (χ4n) is 3.20. The molecule has 3 atom stereocenters. The number of hydrogen-bond donors (Lipinski definition) is 3. The summed E-state index contributed by atoms with van der Waals surface area (Å²) < 4.78 is 17.4. The van der Waals surface area contributed by atoms with Gasteiger partial charge < -0.3 is 15.1 Å². The number of guanidine groups is 1. The smallest absolute Gasteiger partial charge is 0.216 e. The third-order valence-corrected chi connectivity index (χ3v) is 6.28. The molecule has 2 heterocycles. The van der Waals surface area contributed by atoms with E-state index in [4.69, 9.17) is 4.42 Å². The van der Waals surface area contributed by atoms with Crippen molar-refractivity contribution in [2.45, 2.75) is 50.4 Å². The molecule has 0 spiro atoms. The molecule has 2 aromatic heterocycles. The van der Waals surface area contributed by atoms with Crippen LogP contribution in [0.2, 0.25) is 0 Å². The maximum atomic E-state index is 12.1. The Balaban J connectivity index is 0.00000261. The highest BCUT2D eigenvalue weighted by Crippen LogP contribution is 2.23. The summed E-state index contributed by atoms with van der Waals surface area (Å²) in [6, 6.07) is 3.92. The first-order valence-electron chi connectivity index (χ1n) is 8.99. The van der Waals surface area contributed by atoms with Crippen LogP contribution in [0.5, 0.6) is 0 Å². The fourth-order valence-corrected chi connectivity index (χ4v) is 4.54. The van der Waals surface area contributed by atoms with Crippen molar-refractivity contribution in [3.8, 4) is 11.6 Å². The average Bonchev–Trinajstić information content (AvgIpc) is 3.36. The quantitative estimate of drug-likeness (QED) is 0.316. The Bertz CT molecular complexity index is 748. The molecule has 0 amide bonds. The third kappa shape index (κ3) is 6.03. The van der Waals surface area contributed by atoms with E-state index in [2.05, 4.69) is 30.8 Å². The summed E-state index contributed by atoms with van der Waals surface area (Å²) in [5, 5.41) is 14.0. The van der Waals surface area contributed by atoms with E-state index in [0.717, 1.165) is 31.4 Å². The summed E-state index contributed by atoms with van der Waals surface area (Å²) in [6.45, 7) is 2.46. The second kappa shape index (κ2) is 10.8. The van der Waals surface area contributed by atoms with Crippen molar-refractivity contribution < 1.29 is 8.63 Å². The van der Waals surface area contributed by atoms with E-state index in [0.29, 0.717) is 36.0 Å². The van der Waals surface area contributed by atoms with Crippen LogP contribution in [0.15, 0.2) is 27.8 Å². The molecule has 0 bridgehead atoms. The van der Waals surface area contributed by atoms with Gasteiger partial charge in [0.25, 0.3) is 0 Å². The number of furan rings is 1. The SMILES string of the molecule is CCS(=O)C1CCCC(NC(=NC)NCc2nc(-c3ccco3)n[nH]2)C1.I. The monoisotopic (exact) mass is 506 g/mol. The van der Waals surface area contributed by atoms with Gasteiger partial charge in [-0.3, -0.25) is 14.3 Å². The predicted molar refractivity (Wildman–Crippen MR) is 118 cm³/mol. The number of rotatable bonds is 6. The van der Waals surface area contributed by atoms with Gasteiger partial charge in [0.15, 0.2) is 11.7 Å². The second-order valence-electron chi connectivity index (χ2n) is 6.31. The van der Waals surface area contributed by atoms with E-state index < -0.39 is 10.8 Å². The number of aromatic amines is 1. The molecule has 150 valence electrons. The first-order valence-corrected chi connectivity index (χ1v) is 10.4. The van der Waals surface area contributed by atoms with Crippen LogP contribution in [0, 0.1) is 0 Å². The number of nitrogens with one attached hydrogen (secondary N) is 3. The fraction of sp³-hybridized carbons (Fsp3) is 0.588. The van der Waals surface area contributed by atoms with Crippen LogP contribution in [0.3, 0.4) is 0 Å². The Morgan fingerprint density at radius 2 is 2.33 bits per heavy atom. The maximum absolute atomic E-state index is 12.1. The van der Waals surface area contributed by atoms with Crippen molar-refractivity contribution in [2.24, 2.45) is 4.99 Å². The van der Waals surface area contributed by atoms with Crippen molar-refractivity contribution >= 4 is 40.7 Å². The molecule has 3 N–H and O–H groups in total. The number of aromatic nitrogens is 3. The van der Waals surface area contributed by atoms with Crippen LogP contribution < -0.4 is 10.6 Å². The highest BCUT2D eigenvalue weighted by atomic mass is 127. The Morgan fingerprint density at radius 1 is 1.48 bits per heavy atom. The van der Waals surface area contributed by atoms with Crippen LogP contribution in [0.4, 0.5) is 0 Å². The van der Waals surface area contributed by atoms with Gasteiger partial charge in [0.1, 0.15) is 5.82 Å². The predicted octanol–water partition coefficient (Wildman–Crippen LogP) is 2.43. The zero-order chi connectivity index (χ0) is 18.4. The van der Waals surface area contributed by atoms with Gasteiger partial charge in [-0.15, -0.1) is 29.1 Å². The molecule has 0 radical (unpaired) electrons. The topological polar surface area (TPSA) is 108 Å². The van der Waals surface area contributed by atoms with E-state index >= 15 is 0 Å². The average molecular weight is 506 g/mol. The zero-order valence-electron chi connectivity index (χ0n) is 15.6. The third-order valence-electron chi connectivity index (χ3n) is 4.54. The minimum Gasteiger partial charge on any atom is -0.461 e. The molecule has 3 unspecified atom stereocenters. The van der Waals surface area contributed by atoms with Crippen LogP contribution in [0.1, 0.15) is 38.4 Å². The first kappa shape index (κ1) is 21.9. The lowest BCUT2D eigenvalue weighted by molar-refractivity contribution is 0.413. The highest BCUT2D eigenvalue weighted by Gasteiger charge is 2.26. The lowest BCUT2D eigenvalue weighted by atomic mass is 9.95. The van der Waals surface area contributed by atoms with Crippen molar-refractivity contribution in [1.82, 2.24) is 25.8 Å². The number of aliphatic imine (C=N–C) groups is 1. The Hall–Kier alpha value is -1.43. The van der Waals surface area contributed by atoms with Gasteiger partial charge in [-0.1, -0.05) is 13.3 Å². The van der Waals surface area contributed by atoms with E-state index in [9.17, 15) is 4.21 Å². The molecule has 1 aliphatic carbocycles. The van der Waals surface area contributed by atoms with Crippen molar-refractivity contribution in [3.05, 3.63) is 24.2 Å². The number of halogens is 1. The summed E-state index contributed by atoms with van der Waals surface area (Å²) in [7, 11) is 1.02. The van der Waals surface area contributed by atoms with Gasteiger partial charge >= 0.3 is 0 Å². The van der Waals surface area contributed by atoms with E-state index in [-0.39, 0.29) is 29.2 Å². The molecule has 1 saturated carbocycles.